The maximum absolute atomic E-state index is 12.5. The first-order chi connectivity index (χ1) is 20.8. The number of hydrogen-bond donors (Lipinski definition) is 4. The molecule has 2 aliphatic rings. The largest absolute Gasteiger partial charge is 0.444 e. The minimum absolute atomic E-state index is 0.00926. The zero-order valence-electron chi connectivity index (χ0n) is 26.3. The summed E-state index contributed by atoms with van der Waals surface area (Å²) in [7, 11) is 0. The third kappa shape index (κ3) is 9.38. The van der Waals surface area contributed by atoms with Crippen molar-refractivity contribution >= 4 is 40.6 Å². The normalized spacial score (nSPS) is 16.6. The van der Waals surface area contributed by atoms with Crippen molar-refractivity contribution in [3.8, 4) is 0 Å². The lowest BCUT2D eigenvalue weighted by molar-refractivity contribution is 0.0349. The van der Waals surface area contributed by atoms with Crippen LogP contribution >= 0.6 is 0 Å². The summed E-state index contributed by atoms with van der Waals surface area (Å²) in [6, 6.07) is 5.48. The van der Waals surface area contributed by atoms with E-state index in [1.165, 1.54) is 11.1 Å². The fourth-order valence-corrected chi connectivity index (χ4v) is 4.67. The Morgan fingerprint density at radius 3 is 2.50 bits per heavy atom. The standard InChI is InChI=1S/C22H28N6O3.C10H15NO2/c1-22(2,3)31-21(30)25-15-7-5-9-28(13-15)18-10-16-17(12-24-19(16)27-18)26-20(29)14-6-4-8-23-11-14;1-10(2,3)13-9(12)11-7-5-4-6-8-11/h4,6,8,10-12,15,24,27H,5,7,9,13H2,1-3H3,(H,25,30)(H,26,29);4-7H,8H2,1-3H3/t15-;/m1./s1. The molecule has 2 aliphatic heterocycles. The molecule has 0 saturated carbocycles. The molecule has 5 rings (SSSR count). The van der Waals surface area contributed by atoms with Gasteiger partial charge in [0.1, 0.15) is 22.7 Å². The van der Waals surface area contributed by atoms with Crippen LogP contribution in [0, 0.1) is 0 Å². The number of alkyl carbamates (subject to hydrolysis) is 1. The monoisotopic (exact) mass is 605 g/mol. The lowest BCUT2D eigenvalue weighted by Gasteiger charge is -2.34. The van der Waals surface area contributed by atoms with Crippen molar-refractivity contribution in [2.45, 2.75) is 71.6 Å². The van der Waals surface area contributed by atoms with Crippen LogP contribution in [-0.4, -0.2) is 74.8 Å². The Kier molecular flexibility index (Phi) is 10.0. The molecule has 0 aromatic carbocycles. The molecular weight excluding hydrogens is 562 g/mol. The second kappa shape index (κ2) is 13.7. The van der Waals surface area contributed by atoms with E-state index < -0.39 is 17.3 Å². The zero-order chi connectivity index (χ0) is 31.9. The van der Waals surface area contributed by atoms with Gasteiger partial charge in [-0.1, -0.05) is 12.2 Å². The summed E-state index contributed by atoms with van der Waals surface area (Å²) < 4.78 is 10.6. The van der Waals surface area contributed by atoms with Crippen LogP contribution in [0.3, 0.4) is 0 Å². The van der Waals surface area contributed by atoms with Crippen molar-refractivity contribution in [3.05, 3.63) is 66.8 Å². The van der Waals surface area contributed by atoms with E-state index >= 15 is 0 Å². The Labute approximate surface area is 257 Å². The van der Waals surface area contributed by atoms with E-state index in [-0.39, 0.29) is 18.0 Å². The fraction of sp³-hybridized carbons (Fsp3) is 0.438. The number of aromatic amines is 2. The minimum Gasteiger partial charge on any atom is -0.444 e. The first kappa shape index (κ1) is 32.2. The summed E-state index contributed by atoms with van der Waals surface area (Å²) in [5.74, 6) is 0.728. The van der Waals surface area contributed by atoms with E-state index in [0.29, 0.717) is 24.3 Å². The van der Waals surface area contributed by atoms with Gasteiger partial charge in [-0.15, -0.1) is 0 Å². The van der Waals surface area contributed by atoms with Crippen LogP contribution in [0.5, 0.6) is 0 Å². The van der Waals surface area contributed by atoms with Crippen molar-refractivity contribution in [2.75, 3.05) is 29.9 Å². The predicted octanol–water partition coefficient (Wildman–Crippen LogP) is 5.94. The average Bonchev–Trinajstić information content (AvgIpc) is 3.54. The van der Waals surface area contributed by atoms with Crippen LogP contribution in [-0.2, 0) is 9.47 Å². The number of pyridine rings is 1. The van der Waals surface area contributed by atoms with E-state index in [2.05, 4.69) is 30.5 Å². The second-order valence-electron chi connectivity index (χ2n) is 12.7. The molecule has 1 fully saturated rings. The maximum Gasteiger partial charge on any atom is 0.414 e. The number of rotatable bonds is 4. The molecule has 12 heteroatoms. The Bertz CT molecular complexity index is 1490. The number of piperidine rings is 1. The number of allylic oxidation sites excluding steroid dienone is 2. The van der Waals surface area contributed by atoms with Gasteiger partial charge in [-0.2, -0.15) is 0 Å². The summed E-state index contributed by atoms with van der Waals surface area (Å²) in [5, 5.41) is 6.80. The molecule has 0 aliphatic carbocycles. The lowest BCUT2D eigenvalue weighted by Crippen LogP contribution is -2.49. The van der Waals surface area contributed by atoms with Crippen molar-refractivity contribution in [2.24, 2.45) is 0 Å². The smallest absolute Gasteiger partial charge is 0.414 e. The predicted molar refractivity (Wildman–Crippen MR) is 171 cm³/mol. The number of amides is 3. The Hall–Kier alpha value is -4.74. The molecule has 12 nitrogen and oxygen atoms in total. The molecule has 0 bridgehead atoms. The van der Waals surface area contributed by atoms with Crippen LogP contribution < -0.4 is 15.5 Å². The number of carbonyl (C=O) groups excluding carboxylic acids is 3. The second-order valence-corrected chi connectivity index (χ2v) is 12.7. The fourth-order valence-electron chi connectivity index (χ4n) is 4.67. The van der Waals surface area contributed by atoms with Gasteiger partial charge in [0.2, 0.25) is 0 Å². The lowest BCUT2D eigenvalue weighted by atomic mass is 10.1. The molecule has 1 saturated heterocycles. The van der Waals surface area contributed by atoms with Crippen molar-refractivity contribution in [3.63, 3.8) is 0 Å². The van der Waals surface area contributed by atoms with Gasteiger partial charge in [-0.05, 0) is 78.7 Å². The molecule has 1 atom stereocenters. The molecule has 3 aromatic rings. The number of ether oxygens (including phenoxy) is 2. The quantitative estimate of drug-likeness (QED) is 0.288. The van der Waals surface area contributed by atoms with E-state index in [9.17, 15) is 14.4 Å². The third-order valence-electron chi connectivity index (χ3n) is 6.55. The number of fused-ring (bicyclic) bond motifs is 1. The van der Waals surface area contributed by atoms with Gasteiger partial charge in [-0.25, -0.2) is 9.59 Å². The average molecular weight is 606 g/mol. The Morgan fingerprint density at radius 2 is 1.84 bits per heavy atom. The first-order valence-corrected chi connectivity index (χ1v) is 14.8. The third-order valence-corrected chi connectivity index (χ3v) is 6.55. The molecule has 3 amide bonds. The molecule has 3 aromatic heterocycles. The van der Waals surface area contributed by atoms with Gasteiger partial charge in [-0.3, -0.25) is 14.7 Å². The summed E-state index contributed by atoms with van der Waals surface area (Å²) >= 11 is 0. The highest BCUT2D eigenvalue weighted by atomic mass is 16.6. The van der Waals surface area contributed by atoms with Gasteiger partial charge in [0, 0.05) is 55.9 Å². The summed E-state index contributed by atoms with van der Waals surface area (Å²) in [6.07, 6.45) is 13.4. The van der Waals surface area contributed by atoms with Crippen LogP contribution in [0.4, 0.5) is 21.1 Å². The number of anilines is 2. The van der Waals surface area contributed by atoms with E-state index in [1.807, 2.05) is 65.8 Å². The number of carbonyl (C=O) groups is 3. The number of nitrogens with one attached hydrogen (secondary N) is 4. The summed E-state index contributed by atoms with van der Waals surface area (Å²) in [4.78, 5) is 50.3. The van der Waals surface area contributed by atoms with Gasteiger partial charge in [0.15, 0.2) is 0 Å². The minimum atomic E-state index is -0.520. The van der Waals surface area contributed by atoms with Gasteiger partial charge >= 0.3 is 12.2 Å². The molecule has 4 N–H and O–H groups in total. The maximum atomic E-state index is 12.5. The van der Waals surface area contributed by atoms with E-state index in [4.69, 9.17) is 9.47 Å². The molecule has 0 radical (unpaired) electrons. The highest BCUT2D eigenvalue weighted by Crippen LogP contribution is 2.30. The highest BCUT2D eigenvalue weighted by Gasteiger charge is 2.26. The van der Waals surface area contributed by atoms with Crippen molar-refractivity contribution in [1.29, 1.82) is 0 Å². The Balaban J connectivity index is 0.000000285. The van der Waals surface area contributed by atoms with Crippen molar-refractivity contribution in [1.82, 2.24) is 25.2 Å². The van der Waals surface area contributed by atoms with Gasteiger partial charge < -0.3 is 35.0 Å². The molecule has 5 heterocycles. The summed E-state index contributed by atoms with van der Waals surface area (Å²) in [6.45, 7) is 13.3. The van der Waals surface area contributed by atoms with Crippen LogP contribution in [0.1, 0.15) is 64.7 Å². The van der Waals surface area contributed by atoms with Crippen LogP contribution in [0.25, 0.3) is 11.0 Å². The Morgan fingerprint density at radius 1 is 1.07 bits per heavy atom. The molecule has 44 heavy (non-hydrogen) atoms. The van der Waals surface area contributed by atoms with Gasteiger partial charge in [0.05, 0.1) is 11.3 Å². The number of H-pyrrole nitrogens is 2. The SMILES string of the molecule is CC(C)(C)OC(=O)N1C=CC=CC1.CC(C)(C)OC(=O)N[C@@H]1CCCN(c2cc3c(NC(=O)c4cccnc4)c[nH]c3[nH]2)C1. The number of nitrogens with zero attached hydrogens (tertiary/aromatic N) is 3. The zero-order valence-corrected chi connectivity index (χ0v) is 26.3. The first-order valence-electron chi connectivity index (χ1n) is 14.8. The molecular formula is C32H43N7O5. The number of aromatic nitrogens is 3. The van der Waals surface area contributed by atoms with E-state index in [0.717, 1.165) is 36.2 Å². The number of hydrogen-bond acceptors (Lipinski definition) is 7. The van der Waals surface area contributed by atoms with E-state index in [1.54, 1.807) is 30.7 Å². The molecule has 236 valence electrons. The van der Waals surface area contributed by atoms with Crippen LogP contribution in [0.15, 0.2) is 61.2 Å². The topological polar surface area (TPSA) is 145 Å². The summed E-state index contributed by atoms with van der Waals surface area (Å²) in [5.41, 5.74) is 1.09. The molecule has 0 spiro atoms. The molecule has 0 unspecified atom stereocenters. The van der Waals surface area contributed by atoms with Crippen LogP contribution in [0.2, 0.25) is 0 Å². The van der Waals surface area contributed by atoms with Gasteiger partial charge in [0.25, 0.3) is 5.91 Å². The highest BCUT2D eigenvalue weighted by molar-refractivity contribution is 6.09. The van der Waals surface area contributed by atoms with Crippen molar-refractivity contribution < 1.29 is 23.9 Å².